The highest BCUT2D eigenvalue weighted by molar-refractivity contribution is 9.11. The van der Waals surface area contributed by atoms with Crippen LogP contribution in [0.4, 0.5) is 0 Å². The molecule has 0 bridgehead atoms. The molecule has 18 heavy (non-hydrogen) atoms. The van der Waals surface area contributed by atoms with Crippen LogP contribution in [0.5, 0.6) is 0 Å². The van der Waals surface area contributed by atoms with Crippen LogP contribution in [0.15, 0.2) is 51.7 Å². The molecule has 0 atom stereocenters. The topological polar surface area (TPSA) is 17.3 Å². The number of imidazole rings is 1. The minimum atomic E-state index is 0.925. The van der Waals surface area contributed by atoms with Crippen molar-refractivity contribution in [2.24, 2.45) is 0 Å². The van der Waals surface area contributed by atoms with Crippen molar-refractivity contribution < 1.29 is 0 Å². The maximum Gasteiger partial charge on any atom is 0.151 e. The number of hydrogen-bond acceptors (Lipinski definition) is 1. The van der Waals surface area contributed by atoms with E-state index in [-0.39, 0.29) is 0 Å². The number of fused-ring (bicyclic) bond motifs is 1. The van der Waals surface area contributed by atoms with Crippen LogP contribution in [0, 0.1) is 6.92 Å². The molecule has 2 nitrogen and oxygen atoms in total. The van der Waals surface area contributed by atoms with Gasteiger partial charge in [-0.05, 0) is 44.8 Å². The quantitative estimate of drug-likeness (QED) is 0.603. The van der Waals surface area contributed by atoms with E-state index in [2.05, 4.69) is 68.0 Å². The van der Waals surface area contributed by atoms with Crippen LogP contribution in [0.3, 0.4) is 0 Å². The monoisotopic (exact) mass is 364 g/mol. The Morgan fingerprint density at radius 2 is 1.78 bits per heavy atom. The third kappa shape index (κ3) is 2.10. The van der Waals surface area contributed by atoms with E-state index >= 15 is 0 Å². The Balaban J connectivity index is 2.19. The molecule has 2 aromatic heterocycles. The second-order valence-electron chi connectivity index (χ2n) is 4.23. The molecule has 1 aromatic carbocycles. The van der Waals surface area contributed by atoms with Gasteiger partial charge >= 0.3 is 0 Å². The van der Waals surface area contributed by atoms with Crippen LogP contribution in [0.2, 0.25) is 0 Å². The summed E-state index contributed by atoms with van der Waals surface area (Å²) in [6.07, 6.45) is 4.04. The number of benzene rings is 1. The minimum absolute atomic E-state index is 0.925. The number of aromatic nitrogens is 2. The third-order valence-electron chi connectivity index (χ3n) is 2.82. The van der Waals surface area contributed by atoms with E-state index in [1.54, 1.807) is 0 Å². The van der Waals surface area contributed by atoms with Crippen molar-refractivity contribution in [2.75, 3.05) is 0 Å². The standard InChI is InChI=1S/C14H10Br2N2/c1-9-2-4-10(5-3-9)13-8-18-7-11(15)6-12(16)14(18)17-13/h2-8H,1H3. The average molecular weight is 366 g/mol. The average Bonchev–Trinajstić information content (AvgIpc) is 2.74. The van der Waals surface area contributed by atoms with Crippen molar-refractivity contribution in [3.05, 3.63) is 57.2 Å². The lowest BCUT2D eigenvalue weighted by molar-refractivity contribution is 1.17. The Hall–Kier alpha value is -1.13. The second kappa shape index (κ2) is 4.52. The van der Waals surface area contributed by atoms with Gasteiger partial charge in [-0.25, -0.2) is 4.98 Å². The van der Waals surface area contributed by atoms with Gasteiger partial charge in [-0.2, -0.15) is 0 Å². The van der Waals surface area contributed by atoms with Gasteiger partial charge in [0.15, 0.2) is 5.65 Å². The van der Waals surface area contributed by atoms with Gasteiger partial charge < -0.3 is 4.40 Å². The van der Waals surface area contributed by atoms with Crippen LogP contribution < -0.4 is 0 Å². The lowest BCUT2D eigenvalue weighted by atomic mass is 10.1. The van der Waals surface area contributed by atoms with E-state index in [9.17, 15) is 0 Å². The summed E-state index contributed by atoms with van der Waals surface area (Å²) in [5, 5.41) is 0. The Morgan fingerprint density at radius 3 is 2.50 bits per heavy atom. The molecule has 3 rings (SSSR count). The van der Waals surface area contributed by atoms with E-state index < -0.39 is 0 Å². The SMILES string of the molecule is Cc1ccc(-c2cn3cc(Br)cc(Br)c3n2)cc1. The summed E-state index contributed by atoms with van der Waals surface area (Å²) < 4.78 is 4.02. The summed E-state index contributed by atoms with van der Waals surface area (Å²) in [5.41, 5.74) is 4.29. The first-order chi connectivity index (χ1) is 8.63. The fourth-order valence-electron chi connectivity index (χ4n) is 1.89. The summed E-state index contributed by atoms with van der Waals surface area (Å²) in [7, 11) is 0. The molecular formula is C14H10Br2N2. The second-order valence-corrected chi connectivity index (χ2v) is 6.00. The Kier molecular flexibility index (Phi) is 2.99. The smallest absolute Gasteiger partial charge is 0.151 e. The molecular weight excluding hydrogens is 356 g/mol. The molecule has 4 heteroatoms. The van der Waals surface area contributed by atoms with E-state index in [4.69, 9.17) is 0 Å². The van der Waals surface area contributed by atoms with E-state index in [1.165, 1.54) is 5.56 Å². The predicted octanol–water partition coefficient (Wildman–Crippen LogP) is 4.83. The molecule has 90 valence electrons. The van der Waals surface area contributed by atoms with Crippen LogP contribution in [0.1, 0.15) is 5.56 Å². The molecule has 0 saturated carbocycles. The van der Waals surface area contributed by atoms with Crippen LogP contribution in [-0.4, -0.2) is 9.38 Å². The normalized spacial score (nSPS) is 11.1. The molecule has 0 aliphatic carbocycles. The molecule has 0 aliphatic heterocycles. The van der Waals surface area contributed by atoms with Crippen LogP contribution in [0.25, 0.3) is 16.9 Å². The van der Waals surface area contributed by atoms with Crippen molar-refractivity contribution in [1.29, 1.82) is 0 Å². The molecule has 0 unspecified atom stereocenters. The third-order valence-corrected chi connectivity index (χ3v) is 3.84. The van der Waals surface area contributed by atoms with Gasteiger partial charge in [-0.15, -0.1) is 0 Å². The Morgan fingerprint density at radius 1 is 1.06 bits per heavy atom. The number of hydrogen-bond donors (Lipinski definition) is 0. The highest BCUT2D eigenvalue weighted by Gasteiger charge is 2.07. The molecule has 0 saturated heterocycles. The fourth-order valence-corrected chi connectivity index (χ4v) is 3.18. The summed E-state index contributed by atoms with van der Waals surface area (Å²) in [4.78, 5) is 4.65. The molecule has 0 N–H and O–H groups in total. The van der Waals surface area contributed by atoms with E-state index in [0.717, 1.165) is 25.8 Å². The van der Waals surface area contributed by atoms with E-state index in [1.807, 2.05) is 22.9 Å². The molecule has 0 spiro atoms. The van der Waals surface area contributed by atoms with Crippen molar-refractivity contribution in [2.45, 2.75) is 6.92 Å². The first-order valence-corrected chi connectivity index (χ1v) is 7.13. The summed E-state index contributed by atoms with van der Waals surface area (Å²) in [5.74, 6) is 0. The molecule has 0 radical (unpaired) electrons. The van der Waals surface area contributed by atoms with Gasteiger partial charge in [0.05, 0.1) is 10.2 Å². The van der Waals surface area contributed by atoms with Gasteiger partial charge in [-0.3, -0.25) is 0 Å². The van der Waals surface area contributed by atoms with Gasteiger partial charge in [-0.1, -0.05) is 29.8 Å². The fraction of sp³-hybridized carbons (Fsp3) is 0.0714. The highest BCUT2D eigenvalue weighted by Crippen LogP contribution is 2.26. The number of rotatable bonds is 1. The number of aryl methyl sites for hydroxylation is 1. The first-order valence-electron chi connectivity index (χ1n) is 5.54. The lowest BCUT2D eigenvalue weighted by Crippen LogP contribution is -1.83. The number of pyridine rings is 1. The number of halogens is 2. The van der Waals surface area contributed by atoms with Crippen molar-refractivity contribution in [3.8, 4) is 11.3 Å². The van der Waals surface area contributed by atoms with Crippen molar-refractivity contribution >= 4 is 37.5 Å². The minimum Gasteiger partial charge on any atom is -0.304 e. The lowest BCUT2D eigenvalue weighted by Gasteiger charge is -1.96. The zero-order valence-electron chi connectivity index (χ0n) is 9.69. The zero-order chi connectivity index (χ0) is 12.7. The van der Waals surface area contributed by atoms with Crippen molar-refractivity contribution in [1.82, 2.24) is 9.38 Å². The van der Waals surface area contributed by atoms with Crippen molar-refractivity contribution in [3.63, 3.8) is 0 Å². The summed E-state index contributed by atoms with van der Waals surface area (Å²) >= 11 is 7.01. The highest BCUT2D eigenvalue weighted by atomic mass is 79.9. The van der Waals surface area contributed by atoms with Gasteiger partial charge in [0.25, 0.3) is 0 Å². The summed E-state index contributed by atoms with van der Waals surface area (Å²) in [6.45, 7) is 2.08. The zero-order valence-corrected chi connectivity index (χ0v) is 12.9. The maximum absolute atomic E-state index is 4.65. The largest absolute Gasteiger partial charge is 0.304 e. The maximum atomic E-state index is 4.65. The molecule has 0 amide bonds. The molecule has 3 aromatic rings. The van der Waals surface area contributed by atoms with E-state index in [0.29, 0.717) is 0 Å². The first kappa shape index (κ1) is 11.9. The number of nitrogens with zero attached hydrogens (tertiary/aromatic N) is 2. The van der Waals surface area contributed by atoms with Crippen LogP contribution in [-0.2, 0) is 0 Å². The molecule has 0 fully saturated rings. The predicted molar refractivity (Wildman–Crippen MR) is 80.8 cm³/mol. The Bertz CT molecular complexity index is 714. The summed E-state index contributed by atoms with van der Waals surface area (Å²) in [6, 6.07) is 10.4. The van der Waals surface area contributed by atoms with Gasteiger partial charge in [0, 0.05) is 22.4 Å². The van der Waals surface area contributed by atoms with Crippen LogP contribution >= 0.6 is 31.9 Å². The van der Waals surface area contributed by atoms with Gasteiger partial charge in [0.1, 0.15) is 0 Å². The molecule has 0 aliphatic rings. The molecule has 2 heterocycles. The van der Waals surface area contributed by atoms with Gasteiger partial charge in [0.2, 0.25) is 0 Å². The Labute approximate surface area is 122 Å².